The Morgan fingerprint density at radius 3 is 2.04 bits per heavy atom. The highest BCUT2D eigenvalue weighted by molar-refractivity contribution is 7.92. The van der Waals surface area contributed by atoms with E-state index in [1.165, 1.54) is 5.56 Å². The first-order valence-corrected chi connectivity index (χ1v) is 9.39. The molecule has 1 aliphatic rings. The molecule has 0 amide bonds. The van der Waals surface area contributed by atoms with Gasteiger partial charge in [0.1, 0.15) is 0 Å². The molecular weight excluding hydrogens is 308 g/mol. The zero-order valence-electron chi connectivity index (χ0n) is 13.3. The van der Waals surface area contributed by atoms with Crippen molar-refractivity contribution in [1.29, 1.82) is 0 Å². The van der Waals surface area contributed by atoms with Crippen LogP contribution < -0.4 is 0 Å². The van der Waals surface area contributed by atoms with Crippen LogP contribution in [0.2, 0.25) is 0 Å². The molecule has 3 nitrogen and oxygen atoms in total. The lowest BCUT2D eigenvalue weighted by Gasteiger charge is -2.50. The van der Waals surface area contributed by atoms with Gasteiger partial charge in [0.05, 0.1) is 15.2 Å². The van der Waals surface area contributed by atoms with E-state index in [4.69, 9.17) is 0 Å². The summed E-state index contributed by atoms with van der Waals surface area (Å²) in [6.07, 6.45) is 1.95. The van der Waals surface area contributed by atoms with Gasteiger partial charge < -0.3 is 5.11 Å². The SMILES string of the molecule is CC1(S(=O)(=O)c2ccccc2)CC(O)(CCc2ccccc2)C1. The molecule has 0 heterocycles. The van der Waals surface area contributed by atoms with Crippen molar-refractivity contribution in [2.45, 2.75) is 47.9 Å². The molecule has 0 unspecified atom stereocenters. The second kappa shape index (κ2) is 5.77. The highest BCUT2D eigenvalue weighted by Gasteiger charge is 2.58. The van der Waals surface area contributed by atoms with Gasteiger partial charge in [0.15, 0.2) is 9.84 Å². The molecule has 1 aliphatic carbocycles. The van der Waals surface area contributed by atoms with E-state index in [-0.39, 0.29) is 0 Å². The topological polar surface area (TPSA) is 54.4 Å². The highest BCUT2D eigenvalue weighted by atomic mass is 32.2. The quantitative estimate of drug-likeness (QED) is 0.914. The molecule has 2 aromatic carbocycles. The minimum atomic E-state index is -3.42. The van der Waals surface area contributed by atoms with E-state index in [1.807, 2.05) is 30.3 Å². The third kappa shape index (κ3) is 3.06. The molecule has 1 saturated carbocycles. The average molecular weight is 330 g/mol. The number of aliphatic hydroxyl groups is 1. The molecule has 2 aromatic rings. The lowest BCUT2D eigenvalue weighted by atomic mass is 9.68. The van der Waals surface area contributed by atoms with Crippen LogP contribution in [0, 0.1) is 0 Å². The number of rotatable bonds is 5. The minimum absolute atomic E-state index is 0.296. The summed E-state index contributed by atoms with van der Waals surface area (Å²) in [5.74, 6) is 0. The Morgan fingerprint density at radius 2 is 1.48 bits per heavy atom. The second-order valence-electron chi connectivity index (χ2n) is 6.83. The van der Waals surface area contributed by atoms with Gasteiger partial charge in [-0.2, -0.15) is 0 Å². The molecule has 0 spiro atoms. The fraction of sp³-hybridized carbons (Fsp3) is 0.368. The largest absolute Gasteiger partial charge is 0.390 e. The summed E-state index contributed by atoms with van der Waals surface area (Å²) in [6, 6.07) is 18.5. The predicted molar refractivity (Wildman–Crippen MR) is 91.0 cm³/mol. The molecule has 1 N–H and O–H groups in total. The maximum atomic E-state index is 12.8. The fourth-order valence-electron chi connectivity index (χ4n) is 3.61. The first-order valence-electron chi connectivity index (χ1n) is 7.91. The third-order valence-electron chi connectivity index (χ3n) is 4.83. The molecule has 1 fully saturated rings. The first kappa shape index (κ1) is 16.2. The van der Waals surface area contributed by atoms with Crippen molar-refractivity contribution in [3.63, 3.8) is 0 Å². The van der Waals surface area contributed by atoms with Gasteiger partial charge in [-0.05, 0) is 50.3 Å². The standard InChI is InChI=1S/C19H22O3S/c1-18(23(21,22)17-10-6-3-7-11-17)14-19(20,15-18)13-12-16-8-4-2-5-9-16/h2-11,20H,12-15H2,1H3. The Labute approximate surface area is 137 Å². The molecule has 3 rings (SSSR count). The van der Waals surface area contributed by atoms with Crippen LogP contribution in [-0.4, -0.2) is 23.9 Å². The van der Waals surface area contributed by atoms with Crippen molar-refractivity contribution in [3.8, 4) is 0 Å². The second-order valence-corrected chi connectivity index (χ2v) is 9.29. The van der Waals surface area contributed by atoms with E-state index in [9.17, 15) is 13.5 Å². The van der Waals surface area contributed by atoms with Gasteiger partial charge in [0.25, 0.3) is 0 Å². The summed E-state index contributed by atoms with van der Waals surface area (Å²) in [6.45, 7) is 1.74. The number of benzene rings is 2. The Bertz CT molecular complexity index is 761. The molecule has 0 atom stereocenters. The molecule has 122 valence electrons. The van der Waals surface area contributed by atoms with Gasteiger partial charge in [-0.15, -0.1) is 0 Å². The van der Waals surface area contributed by atoms with Gasteiger partial charge in [-0.3, -0.25) is 0 Å². The van der Waals surface area contributed by atoms with Crippen LogP contribution in [0.4, 0.5) is 0 Å². The number of sulfone groups is 1. The normalized spacial score (nSPS) is 27.4. The van der Waals surface area contributed by atoms with Gasteiger partial charge >= 0.3 is 0 Å². The highest BCUT2D eigenvalue weighted by Crippen LogP contribution is 2.50. The average Bonchev–Trinajstić information content (AvgIpc) is 2.53. The van der Waals surface area contributed by atoms with E-state index >= 15 is 0 Å². The van der Waals surface area contributed by atoms with E-state index in [2.05, 4.69) is 0 Å². The van der Waals surface area contributed by atoms with Gasteiger partial charge in [0.2, 0.25) is 0 Å². The molecule has 23 heavy (non-hydrogen) atoms. The monoisotopic (exact) mass is 330 g/mol. The van der Waals surface area contributed by atoms with E-state index in [0.29, 0.717) is 24.2 Å². The number of aryl methyl sites for hydroxylation is 1. The Hall–Kier alpha value is -1.65. The summed E-state index contributed by atoms with van der Waals surface area (Å²) in [5.41, 5.74) is 0.285. The Balaban J connectivity index is 1.69. The molecular formula is C19H22O3S. The zero-order chi connectivity index (χ0) is 16.6. The lowest BCUT2D eigenvalue weighted by Crippen LogP contribution is -2.59. The van der Waals surface area contributed by atoms with Crippen LogP contribution in [0.5, 0.6) is 0 Å². The van der Waals surface area contributed by atoms with Crippen molar-refractivity contribution < 1.29 is 13.5 Å². The molecule has 0 radical (unpaired) electrons. The summed E-state index contributed by atoms with van der Waals surface area (Å²) in [5, 5.41) is 10.7. The maximum Gasteiger partial charge on any atom is 0.184 e. The fourth-order valence-corrected chi connectivity index (χ4v) is 5.61. The van der Waals surface area contributed by atoms with Gasteiger partial charge in [-0.1, -0.05) is 48.5 Å². The van der Waals surface area contributed by atoms with Crippen molar-refractivity contribution >= 4 is 9.84 Å². The van der Waals surface area contributed by atoms with Crippen molar-refractivity contribution in [3.05, 3.63) is 66.2 Å². The third-order valence-corrected chi connectivity index (χ3v) is 7.31. The van der Waals surface area contributed by atoms with Crippen LogP contribution in [0.15, 0.2) is 65.6 Å². The number of hydrogen-bond donors (Lipinski definition) is 1. The molecule has 0 aromatic heterocycles. The van der Waals surface area contributed by atoms with E-state index in [1.54, 1.807) is 37.3 Å². The number of hydrogen-bond acceptors (Lipinski definition) is 3. The molecule has 0 saturated heterocycles. The lowest BCUT2D eigenvalue weighted by molar-refractivity contribution is -0.0625. The van der Waals surface area contributed by atoms with Crippen LogP contribution in [-0.2, 0) is 16.3 Å². The molecule has 0 bridgehead atoms. The van der Waals surface area contributed by atoms with Crippen LogP contribution >= 0.6 is 0 Å². The summed E-state index contributed by atoms with van der Waals surface area (Å²) in [7, 11) is -3.42. The van der Waals surface area contributed by atoms with Crippen molar-refractivity contribution in [1.82, 2.24) is 0 Å². The smallest absolute Gasteiger partial charge is 0.184 e. The zero-order valence-corrected chi connectivity index (χ0v) is 14.1. The van der Waals surface area contributed by atoms with E-state index < -0.39 is 20.2 Å². The van der Waals surface area contributed by atoms with Crippen LogP contribution in [0.1, 0.15) is 31.7 Å². The predicted octanol–water partition coefficient (Wildman–Crippen LogP) is 3.38. The van der Waals surface area contributed by atoms with Crippen molar-refractivity contribution in [2.24, 2.45) is 0 Å². The summed E-state index contributed by atoms with van der Waals surface area (Å²) >= 11 is 0. The first-order chi connectivity index (χ1) is 10.8. The van der Waals surface area contributed by atoms with E-state index in [0.717, 1.165) is 6.42 Å². The molecule has 0 aliphatic heterocycles. The Morgan fingerprint density at radius 1 is 0.957 bits per heavy atom. The van der Waals surface area contributed by atoms with Gasteiger partial charge in [-0.25, -0.2) is 8.42 Å². The van der Waals surface area contributed by atoms with Crippen LogP contribution in [0.25, 0.3) is 0 Å². The molecule has 4 heteroatoms. The van der Waals surface area contributed by atoms with Gasteiger partial charge in [0, 0.05) is 0 Å². The van der Waals surface area contributed by atoms with Crippen LogP contribution in [0.3, 0.4) is 0 Å². The summed E-state index contributed by atoms with van der Waals surface area (Å²) in [4.78, 5) is 0.340. The van der Waals surface area contributed by atoms with Crippen molar-refractivity contribution in [2.75, 3.05) is 0 Å². The Kier molecular flexibility index (Phi) is 4.07. The summed E-state index contributed by atoms with van der Waals surface area (Å²) < 4.78 is 24.7. The minimum Gasteiger partial charge on any atom is -0.390 e. The maximum absolute atomic E-state index is 12.8.